The van der Waals surface area contributed by atoms with Crippen LogP contribution in [0.15, 0.2) is 0 Å². The molecule has 0 aromatic rings. The Bertz CT molecular complexity index is 324. The molecule has 0 aliphatic carbocycles. The third-order valence-electron chi connectivity index (χ3n) is 2.99. The summed E-state index contributed by atoms with van der Waals surface area (Å²) in [5, 5.41) is 21.0. The highest BCUT2D eigenvalue weighted by molar-refractivity contribution is 5.83. The summed E-state index contributed by atoms with van der Waals surface area (Å²) in [5.41, 5.74) is 0. The number of hydrogen-bond donors (Lipinski definition) is 3. The van der Waals surface area contributed by atoms with Gasteiger partial charge in [0, 0.05) is 33.7 Å². The molecular formula is C11H20N2O6. The summed E-state index contributed by atoms with van der Waals surface area (Å²) in [6.07, 6.45) is -1.05. The lowest BCUT2D eigenvalue weighted by atomic mass is 10.2. The molecule has 8 heteroatoms. The molecule has 2 amide bonds. The number of likely N-dealkylation sites (tertiary alicyclic amines) is 1. The van der Waals surface area contributed by atoms with Gasteiger partial charge in [0.25, 0.3) is 0 Å². The summed E-state index contributed by atoms with van der Waals surface area (Å²) >= 11 is 0. The molecule has 0 saturated carbocycles. The van der Waals surface area contributed by atoms with Crippen LogP contribution in [0, 0.1) is 0 Å². The standard InChI is InChI=1S/C11H20N2O6/c1-18-6-8(19-2)4-12-11(17)13-5-7(14)3-9(13)10(15)16/h7-9,14H,3-6H2,1-2H3,(H,12,17)(H,15,16)/t7-,8?,9-/m1/s1. The maximum atomic E-state index is 11.9. The Morgan fingerprint density at radius 3 is 2.68 bits per heavy atom. The molecule has 0 aromatic heterocycles. The number of nitrogens with one attached hydrogen (secondary N) is 1. The Hall–Kier alpha value is -1.38. The van der Waals surface area contributed by atoms with Gasteiger partial charge in [-0.1, -0.05) is 0 Å². The SMILES string of the molecule is COCC(CNC(=O)N1C[C@H](O)C[C@@H]1C(=O)O)OC. The molecule has 3 N–H and O–H groups in total. The molecule has 0 aromatic carbocycles. The van der Waals surface area contributed by atoms with E-state index in [9.17, 15) is 14.7 Å². The molecule has 110 valence electrons. The lowest BCUT2D eigenvalue weighted by Crippen LogP contribution is -2.48. The number of aliphatic carboxylic acids is 1. The molecule has 8 nitrogen and oxygen atoms in total. The molecule has 1 rings (SSSR count). The summed E-state index contributed by atoms with van der Waals surface area (Å²) < 4.78 is 9.98. The van der Waals surface area contributed by atoms with Crippen molar-refractivity contribution in [1.29, 1.82) is 0 Å². The number of urea groups is 1. The van der Waals surface area contributed by atoms with Crippen LogP contribution < -0.4 is 5.32 Å². The molecule has 3 atom stereocenters. The summed E-state index contributed by atoms with van der Waals surface area (Å²) in [4.78, 5) is 24.0. The molecule has 1 aliphatic heterocycles. The van der Waals surface area contributed by atoms with Gasteiger partial charge in [-0.25, -0.2) is 9.59 Å². The smallest absolute Gasteiger partial charge is 0.326 e. The van der Waals surface area contributed by atoms with Crippen molar-refractivity contribution in [3.63, 3.8) is 0 Å². The average Bonchev–Trinajstić information content (AvgIpc) is 2.76. The maximum Gasteiger partial charge on any atom is 0.326 e. The van der Waals surface area contributed by atoms with E-state index in [1.807, 2.05) is 0 Å². The topological polar surface area (TPSA) is 108 Å². The van der Waals surface area contributed by atoms with E-state index in [-0.39, 0.29) is 25.6 Å². The number of amides is 2. The van der Waals surface area contributed by atoms with Crippen molar-refractivity contribution >= 4 is 12.0 Å². The Balaban J connectivity index is 2.50. The second-order valence-corrected chi connectivity index (χ2v) is 4.40. The highest BCUT2D eigenvalue weighted by Gasteiger charge is 2.38. The molecule has 0 radical (unpaired) electrons. The molecule has 0 spiro atoms. The number of aliphatic hydroxyl groups excluding tert-OH is 1. The van der Waals surface area contributed by atoms with Crippen LogP contribution in [0.1, 0.15) is 6.42 Å². The average molecular weight is 276 g/mol. The summed E-state index contributed by atoms with van der Waals surface area (Å²) in [7, 11) is 3.01. The van der Waals surface area contributed by atoms with E-state index in [0.29, 0.717) is 6.61 Å². The Morgan fingerprint density at radius 2 is 2.16 bits per heavy atom. The van der Waals surface area contributed by atoms with E-state index in [4.69, 9.17) is 14.6 Å². The number of hydrogen-bond acceptors (Lipinski definition) is 5. The molecule has 1 aliphatic rings. The van der Waals surface area contributed by atoms with Gasteiger partial charge < -0.3 is 29.9 Å². The van der Waals surface area contributed by atoms with Gasteiger partial charge in [-0.15, -0.1) is 0 Å². The van der Waals surface area contributed by atoms with Crippen molar-refractivity contribution in [2.45, 2.75) is 24.7 Å². The quantitative estimate of drug-likeness (QED) is 0.567. The van der Waals surface area contributed by atoms with Gasteiger partial charge in [0.15, 0.2) is 0 Å². The minimum atomic E-state index is -1.12. The zero-order valence-electron chi connectivity index (χ0n) is 11.0. The van der Waals surface area contributed by atoms with Crippen LogP contribution in [-0.4, -0.2) is 79.3 Å². The van der Waals surface area contributed by atoms with Crippen molar-refractivity contribution in [3.05, 3.63) is 0 Å². The highest BCUT2D eigenvalue weighted by Crippen LogP contribution is 2.18. The van der Waals surface area contributed by atoms with Gasteiger partial charge in [0.1, 0.15) is 6.04 Å². The normalized spacial score (nSPS) is 24.3. The van der Waals surface area contributed by atoms with Gasteiger partial charge >= 0.3 is 12.0 Å². The third kappa shape index (κ3) is 4.34. The molecule has 0 bridgehead atoms. The van der Waals surface area contributed by atoms with Crippen molar-refractivity contribution in [3.8, 4) is 0 Å². The van der Waals surface area contributed by atoms with Crippen molar-refractivity contribution in [2.75, 3.05) is 33.9 Å². The minimum absolute atomic E-state index is 0.0186. The van der Waals surface area contributed by atoms with Crippen LogP contribution in [0.4, 0.5) is 4.79 Å². The van der Waals surface area contributed by atoms with Gasteiger partial charge in [-0.2, -0.15) is 0 Å². The second kappa shape index (κ2) is 7.27. The van der Waals surface area contributed by atoms with Crippen LogP contribution in [0.25, 0.3) is 0 Å². The predicted octanol–water partition coefficient (Wildman–Crippen LogP) is -1.12. The lowest BCUT2D eigenvalue weighted by Gasteiger charge is -2.23. The zero-order chi connectivity index (χ0) is 14.4. The lowest BCUT2D eigenvalue weighted by molar-refractivity contribution is -0.141. The maximum absolute atomic E-state index is 11.9. The van der Waals surface area contributed by atoms with Crippen LogP contribution in [-0.2, 0) is 14.3 Å². The fourth-order valence-electron chi connectivity index (χ4n) is 1.97. The third-order valence-corrected chi connectivity index (χ3v) is 2.99. The molecule has 1 saturated heterocycles. The Morgan fingerprint density at radius 1 is 1.47 bits per heavy atom. The van der Waals surface area contributed by atoms with Gasteiger partial charge in [0.05, 0.1) is 18.8 Å². The van der Waals surface area contributed by atoms with Crippen molar-refractivity contribution in [2.24, 2.45) is 0 Å². The number of carboxylic acid groups (broad SMARTS) is 1. The van der Waals surface area contributed by atoms with E-state index in [1.165, 1.54) is 14.2 Å². The second-order valence-electron chi connectivity index (χ2n) is 4.40. The van der Waals surface area contributed by atoms with E-state index in [2.05, 4.69) is 5.32 Å². The number of nitrogens with zero attached hydrogens (tertiary/aromatic N) is 1. The first-order valence-electron chi connectivity index (χ1n) is 5.96. The first kappa shape index (κ1) is 15.7. The van der Waals surface area contributed by atoms with E-state index in [1.54, 1.807) is 0 Å². The Kier molecular flexibility index (Phi) is 6.00. The number of methoxy groups -OCH3 is 2. The number of ether oxygens (including phenoxy) is 2. The first-order valence-corrected chi connectivity index (χ1v) is 5.96. The Labute approximate surface area is 111 Å². The monoisotopic (exact) mass is 276 g/mol. The largest absolute Gasteiger partial charge is 0.480 e. The van der Waals surface area contributed by atoms with Gasteiger partial charge in [-0.3, -0.25) is 0 Å². The summed E-state index contributed by atoms with van der Waals surface area (Å²) in [6, 6.07) is -1.51. The van der Waals surface area contributed by atoms with Crippen LogP contribution in [0.2, 0.25) is 0 Å². The number of β-amino-alcohol motifs (C(OH)–C–C–N with tert-alkyl or cyclic N) is 1. The number of carboxylic acids is 1. The highest BCUT2D eigenvalue weighted by atomic mass is 16.5. The van der Waals surface area contributed by atoms with Gasteiger partial charge in [-0.05, 0) is 0 Å². The summed E-state index contributed by atoms with van der Waals surface area (Å²) in [5.74, 6) is -1.12. The van der Waals surface area contributed by atoms with E-state index < -0.39 is 24.1 Å². The molecule has 19 heavy (non-hydrogen) atoms. The van der Waals surface area contributed by atoms with Crippen molar-refractivity contribution < 1.29 is 29.3 Å². The van der Waals surface area contributed by atoms with Gasteiger partial charge in [0.2, 0.25) is 0 Å². The predicted molar refractivity (Wildman–Crippen MR) is 64.8 cm³/mol. The fourth-order valence-corrected chi connectivity index (χ4v) is 1.97. The van der Waals surface area contributed by atoms with E-state index >= 15 is 0 Å². The number of rotatable bonds is 6. The fraction of sp³-hybridized carbons (Fsp3) is 0.818. The van der Waals surface area contributed by atoms with Crippen LogP contribution in [0.5, 0.6) is 0 Å². The van der Waals surface area contributed by atoms with E-state index in [0.717, 1.165) is 4.90 Å². The number of carbonyl (C=O) groups is 2. The number of carbonyl (C=O) groups excluding carboxylic acids is 1. The zero-order valence-corrected chi connectivity index (χ0v) is 11.0. The number of aliphatic hydroxyl groups is 1. The molecule has 1 fully saturated rings. The minimum Gasteiger partial charge on any atom is -0.480 e. The molecular weight excluding hydrogens is 256 g/mol. The van der Waals surface area contributed by atoms with Crippen molar-refractivity contribution in [1.82, 2.24) is 10.2 Å². The van der Waals surface area contributed by atoms with Crippen LogP contribution >= 0.6 is 0 Å². The first-order chi connectivity index (χ1) is 8.99. The molecule has 1 heterocycles. The molecule has 1 unspecified atom stereocenters. The van der Waals surface area contributed by atoms with Crippen LogP contribution in [0.3, 0.4) is 0 Å². The summed E-state index contributed by atoms with van der Waals surface area (Å²) in [6.45, 7) is 0.550.